The van der Waals surface area contributed by atoms with Crippen LogP contribution in [0, 0.1) is 6.92 Å². The Morgan fingerprint density at radius 3 is 2.38 bits per heavy atom. The molecule has 6 nitrogen and oxygen atoms in total. The largest absolute Gasteiger partial charge is 0.483 e. The second kappa shape index (κ2) is 8.82. The van der Waals surface area contributed by atoms with E-state index in [1.807, 2.05) is 19.9 Å². The van der Waals surface area contributed by atoms with Crippen molar-refractivity contribution in [1.82, 2.24) is 10.0 Å². The van der Waals surface area contributed by atoms with Crippen molar-refractivity contribution >= 4 is 15.9 Å². The smallest absolute Gasteiger partial charge is 0.257 e. The molecule has 2 N–H and O–H groups in total. The first-order valence-electron chi connectivity index (χ1n) is 8.38. The van der Waals surface area contributed by atoms with E-state index in [4.69, 9.17) is 4.74 Å². The number of amides is 1. The Kier molecular flexibility index (Phi) is 6.76. The molecular formula is C19H24N2O4S. The van der Waals surface area contributed by atoms with Gasteiger partial charge in [0.05, 0.1) is 10.9 Å². The molecule has 0 saturated heterocycles. The molecule has 140 valence electrons. The predicted octanol–water partition coefficient (Wildman–Crippen LogP) is 2.55. The Morgan fingerprint density at radius 1 is 1.12 bits per heavy atom. The summed E-state index contributed by atoms with van der Waals surface area (Å²) in [6.07, 6.45) is 0.533. The van der Waals surface area contributed by atoms with Crippen LogP contribution in [0.5, 0.6) is 5.75 Å². The molecule has 2 rings (SSSR count). The van der Waals surface area contributed by atoms with Crippen molar-refractivity contribution in [2.45, 2.75) is 31.2 Å². The molecule has 0 spiro atoms. The highest BCUT2D eigenvalue weighted by Gasteiger charge is 2.22. The molecule has 0 bridgehead atoms. The molecular weight excluding hydrogens is 352 g/mol. The summed E-state index contributed by atoms with van der Waals surface area (Å²) in [5.41, 5.74) is 1.68. The van der Waals surface area contributed by atoms with Crippen molar-refractivity contribution in [2.24, 2.45) is 0 Å². The van der Waals surface area contributed by atoms with E-state index in [0.717, 1.165) is 5.56 Å². The first-order valence-corrected chi connectivity index (χ1v) is 9.87. The van der Waals surface area contributed by atoms with Crippen LogP contribution >= 0.6 is 0 Å². The number of carbonyl (C=O) groups excluding carboxylic acids is 1. The molecule has 0 fully saturated rings. The van der Waals surface area contributed by atoms with Crippen LogP contribution in [0.4, 0.5) is 0 Å². The van der Waals surface area contributed by atoms with Gasteiger partial charge in [-0.2, -0.15) is 0 Å². The molecule has 1 amide bonds. The summed E-state index contributed by atoms with van der Waals surface area (Å²) in [5.74, 6) is 0.225. The molecule has 0 heterocycles. The summed E-state index contributed by atoms with van der Waals surface area (Å²) in [5, 5.41) is 2.49. The van der Waals surface area contributed by atoms with Gasteiger partial charge in [0.1, 0.15) is 5.75 Å². The minimum absolute atomic E-state index is 0.130. The molecule has 0 aliphatic heterocycles. The molecule has 0 saturated carbocycles. The molecule has 0 radical (unpaired) electrons. The lowest BCUT2D eigenvalue weighted by Gasteiger charge is -2.20. The lowest BCUT2D eigenvalue weighted by atomic mass is 10.0. The van der Waals surface area contributed by atoms with E-state index in [2.05, 4.69) is 10.0 Å². The normalized spacial score (nSPS) is 12.4. The maximum Gasteiger partial charge on any atom is 0.257 e. The fraction of sp³-hybridized carbons (Fsp3) is 0.316. The van der Waals surface area contributed by atoms with Crippen molar-refractivity contribution in [3.8, 4) is 5.75 Å². The van der Waals surface area contributed by atoms with Gasteiger partial charge in [-0.15, -0.1) is 0 Å². The number of para-hydroxylation sites is 1. The second-order valence-corrected chi connectivity index (χ2v) is 7.61. The number of ether oxygens (including phenoxy) is 1. The van der Waals surface area contributed by atoms with Crippen LogP contribution in [-0.2, 0) is 14.8 Å². The predicted molar refractivity (Wildman–Crippen MR) is 101 cm³/mol. The van der Waals surface area contributed by atoms with Crippen LogP contribution in [0.3, 0.4) is 0 Å². The number of nitrogens with one attached hydrogen (secondary N) is 2. The molecule has 1 unspecified atom stereocenters. The highest BCUT2D eigenvalue weighted by molar-refractivity contribution is 7.89. The van der Waals surface area contributed by atoms with Crippen LogP contribution < -0.4 is 14.8 Å². The van der Waals surface area contributed by atoms with Crippen LogP contribution in [0.25, 0.3) is 0 Å². The number of benzene rings is 2. The topological polar surface area (TPSA) is 84.5 Å². The fourth-order valence-electron chi connectivity index (χ4n) is 2.45. The molecule has 2 aromatic carbocycles. The second-order valence-electron chi connectivity index (χ2n) is 5.89. The minimum atomic E-state index is -3.67. The summed E-state index contributed by atoms with van der Waals surface area (Å²) in [6.45, 7) is 3.66. The Morgan fingerprint density at radius 2 is 1.77 bits per heavy atom. The Hall–Kier alpha value is -2.38. The van der Waals surface area contributed by atoms with E-state index in [-0.39, 0.29) is 17.4 Å². The number of hydrogen-bond donors (Lipinski definition) is 2. The zero-order valence-electron chi connectivity index (χ0n) is 15.2. The maximum atomic E-state index is 12.7. The van der Waals surface area contributed by atoms with Crippen LogP contribution in [0.1, 0.15) is 30.5 Å². The molecule has 26 heavy (non-hydrogen) atoms. The van der Waals surface area contributed by atoms with Gasteiger partial charge in [0.2, 0.25) is 10.0 Å². The maximum absolute atomic E-state index is 12.7. The van der Waals surface area contributed by atoms with Gasteiger partial charge in [0.25, 0.3) is 5.91 Å². The van der Waals surface area contributed by atoms with Gasteiger partial charge in [-0.05, 0) is 31.5 Å². The third-order valence-corrected chi connectivity index (χ3v) is 5.46. The fourth-order valence-corrected chi connectivity index (χ4v) is 3.75. The van der Waals surface area contributed by atoms with Gasteiger partial charge >= 0.3 is 0 Å². The molecule has 7 heteroatoms. The monoisotopic (exact) mass is 376 g/mol. The zero-order chi connectivity index (χ0) is 19.2. The zero-order valence-corrected chi connectivity index (χ0v) is 16.0. The van der Waals surface area contributed by atoms with Crippen molar-refractivity contribution in [1.29, 1.82) is 0 Å². The highest BCUT2D eigenvalue weighted by atomic mass is 32.2. The van der Waals surface area contributed by atoms with Crippen LogP contribution in [0.2, 0.25) is 0 Å². The van der Waals surface area contributed by atoms with Crippen molar-refractivity contribution < 1.29 is 17.9 Å². The van der Waals surface area contributed by atoms with Gasteiger partial charge in [-0.3, -0.25) is 4.79 Å². The number of likely N-dealkylation sites (N-methyl/N-ethyl adjacent to an activating group) is 1. The third kappa shape index (κ3) is 5.06. The van der Waals surface area contributed by atoms with Gasteiger partial charge in [0, 0.05) is 12.6 Å². The van der Waals surface area contributed by atoms with Gasteiger partial charge in [-0.25, -0.2) is 13.1 Å². The van der Waals surface area contributed by atoms with E-state index in [1.54, 1.807) is 42.5 Å². The standard InChI is InChI=1S/C19H24N2O4S/c1-4-17(21-26(23,24)15-11-9-14(2)10-12-15)16-7-5-6-8-18(16)25-13-19(22)20-3/h5-12,17,21H,4,13H2,1-3H3,(H,20,22). The molecule has 1 atom stereocenters. The molecule has 2 aromatic rings. The van der Waals surface area contributed by atoms with E-state index in [0.29, 0.717) is 17.7 Å². The van der Waals surface area contributed by atoms with Crippen molar-refractivity contribution in [3.63, 3.8) is 0 Å². The van der Waals surface area contributed by atoms with E-state index < -0.39 is 16.1 Å². The first-order chi connectivity index (χ1) is 12.4. The minimum Gasteiger partial charge on any atom is -0.483 e. The van der Waals surface area contributed by atoms with Crippen LogP contribution in [0.15, 0.2) is 53.4 Å². The number of sulfonamides is 1. The van der Waals surface area contributed by atoms with Crippen molar-refractivity contribution in [2.75, 3.05) is 13.7 Å². The average Bonchev–Trinajstić information content (AvgIpc) is 2.64. The summed E-state index contributed by atoms with van der Waals surface area (Å²) in [7, 11) is -2.14. The lowest BCUT2D eigenvalue weighted by molar-refractivity contribution is -0.122. The highest BCUT2D eigenvalue weighted by Crippen LogP contribution is 2.28. The Bertz CT molecular complexity index is 848. The number of carbonyl (C=O) groups is 1. The molecule has 0 aliphatic carbocycles. The lowest BCUT2D eigenvalue weighted by Crippen LogP contribution is -2.29. The van der Waals surface area contributed by atoms with E-state index in [1.165, 1.54) is 7.05 Å². The number of hydrogen-bond acceptors (Lipinski definition) is 4. The van der Waals surface area contributed by atoms with Gasteiger partial charge in [-0.1, -0.05) is 42.8 Å². The Labute approximate surface area is 154 Å². The van der Waals surface area contributed by atoms with Gasteiger partial charge < -0.3 is 10.1 Å². The van der Waals surface area contributed by atoms with E-state index in [9.17, 15) is 13.2 Å². The quantitative estimate of drug-likeness (QED) is 0.741. The summed E-state index contributed by atoms with van der Waals surface area (Å²) < 4.78 is 33.7. The third-order valence-electron chi connectivity index (χ3n) is 3.97. The SMILES string of the molecule is CCC(NS(=O)(=O)c1ccc(C)cc1)c1ccccc1OCC(=O)NC. The molecule has 0 aromatic heterocycles. The average molecular weight is 376 g/mol. The molecule has 0 aliphatic rings. The Balaban J connectivity index is 2.25. The number of aryl methyl sites for hydroxylation is 1. The summed E-state index contributed by atoms with van der Waals surface area (Å²) in [6, 6.07) is 13.3. The summed E-state index contributed by atoms with van der Waals surface area (Å²) in [4.78, 5) is 11.6. The van der Waals surface area contributed by atoms with Crippen LogP contribution in [-0.4, -0.2) is 28.0 Å². The van der Waals surface area contributed by atoms with E-state index >= 15 is 0 Å². The van der Waals surface area contributed by atoms with Gasteiger partial charge in [0.15, 0.2) is 6.61 Å². The first kappa shape index (κ1) is 19.9. The number of rotatable bonds is 8. The summed E-state index contributed by atoms with van der Waals surface area (Å²) >= 11 is 0. The van der Waals surface area contributed by atoms with Crippen molar-refractivity contribution in [3.05, 3.63) is 59.7 Å².